The number of nitrogens with one attached hydrogen (secondary N) is 1. The molecule has 0 aromatic heterocycles. The van der Waals surface area contributed by atoms with Gasteiger partial charge in [0.1, 0.15) is 0 Å². The number of fused-ring (bicyclic) bond motifs is 2. The van der Waals surface area contributed by atoms with Crippen molar-refractivity contribution in [1.29, 1.82) is 0 Å². The van der Waals surface area contributed by atoms with E-state index in [9.17, 15) is 10.2 Å². The lowest BCUT2D eigenvalue weighted by molar-refractivity contribution is 0.226. The number of aromatic hydroxyl groups is 2. The summed E-state index contributed by atoms with van der Waals surface area (Å²) in [5, 5.41) is 24.3. The summed E-state index contributed by atoms with van der Waals surface area (Å²) in [5.41, 5.74) is 5.86. The van der Waals surface area contributed by atoms with Crippen LogP contribution in [0.25, 0.3) is 11.1 Å². The van der Waals surface area contributed by atoms with Crippen molar-refractivity contribution < 1.29 is 19.7 Å². The molecule has 2 aromatic carbocycles. The number of phenols is 2. The molecule has 1 atom stereocenters. The fourth-order valence-electron chi connectivity index (χ4n) is 4.45. The predicted molar refractivity (Wildman–Crippen MR) is 101 cm³/mol. The van der Waals surface area contributed by atoms with E-state index in [-0.39, 0.29) is 17.5 Å². The van der Waals surface area contributed by atoms with Gasteiger partial charge in [0, 0.05) is 25.2 Å². The minimum atomic E-state index is 0.106. The van der Waals surface area contributed by atoms with Crippen LogP contribution in [0.15, 0.2) is 12.1 Å². The molecule has 1 aliphatic carbocycles. The molecule has 138 valence electrons. The van der Waals surface area contributed by atoms with Crippen LogP contribution in [-0.2, 0) is 12.8 Å². The second-order valence-corrected chi connectivity index (χ2v) is 6.91. The standard InChI is InChI=1S/C20H24N2O4/c1-21-18-12-8-13-16-10(5-6-22(13)2)7-14(23)20(26-4)17(16)11(12)9-15(25-3)19(18)24/h7,9,13,21,23-24H,5-6,8H2,1-4H3. The molecule has 1 aliphatic heterocycles. The molecule has 2 aliphatic rings. The molecular formula is C20H24N2O4. The normalized spacial score (nSPS) is 18.1. The van der Waals surface area contributed by atoms with Crippen molar-refractivity contribution in [2.75, 3.05) is 40.2 Å². The second-order valence-electron chi connectivity index (χ2n) is 6.91. The molecule has 1 heterocycles. The maximum atomic E-state index is 10.6. The molecule has 1 unspecified atom stereocenters. The van der Waals surface area contributed by atoms with E-state index in [4.69, 9.17) is 9.47 Å². The van der Waals surface area contributed by atoms with Gasteiger partial charge in [0.05, 0.1) is 19.9 Å². The lowest BCUT2D eigenvalue weighted by Crippen LogP contribution is -2.35. The third-order valence-electron chi connectivity index (χ3n) is 5.70. The Kier molecular flexibility index (Phi) is 3.88. The summed E-state index contributed by atoms with van der Waals surface area (Å²) in [4.78, 5) is 2.33. The zero-order chi connectivity index (χ0) is 18.6. The second kappa shape index (κ2) is 5.99. The molecule has 6 nitrogen and oxygen atoms in total. The molecule has 0 radical (unpaired) electrons. The smallest absolute Gasteiger partial charge is 0.181 e. The molecule has 0 bridgehead atoms. The Labute approximate surface area is 153 Å². The van der Waals surface area contributed by atoms with Crippen molar-refractivity contribution in [2.24, 2.45) is 0 Å². The number of nitrogens with zero attached hydrogens (tertiary/aromatic N) is 1. The molecule has 3 N–H and O–H groups in total. The molecule has 6 heteroatoms. The van der Waals surface area contributed by atoms with E-state index in [1.54, 1.807) is 14.2 Å². The molecule has 4 rings (SSSR count). The van der Waals surface area contributed by atoms with Gasteiger partial charge in [-0.05, 0) is 54.3 Å². The van der Waals surface area contributed by atoms with Crippen molar-refractivity contribution in [3.63, 3.8) is 0 Å². The monoisotopic (exact) mass is 356 g/mol. The summed E-state index contributed by atoms with van der Waals surface area (Å²) in [6, 6.07) is 3.85. The van der Waals surface area contributed by atoms with Gasteiger partial charge in [-0.1, -0.05) is 0 Å². The van der Waals surface area contributed by atoms with E-state index in [0.29, 0.717) is 17.2 Å². The third kappa shape index (κ3) is 2.15. The first-order chi connectivity index (χ1) is 12.5. The molecule has 2 aromatic rings. The Bertz CT molecular complexity index is 894. The molecule has 0 saturated carbocycles. The van der Waals surface area contributed by atoms with Crippen LogP contribution in [0.3, 0.4) is 0 Å². The summed E-state index contributed by atoms with van der Waals surface area (Å²) >= 11 is 0. The maximum absolute atomic E-state index is 10.6. The SMILES string of the molecule is CNc1c(O)c(OC)cc2c1CC1c3c(cc(O)c(OC)c3-2)CCN1C. The lowest BCUT2D eigenvalue weighted by Gasteiger charge is -2.41. The summed E-state index contributed by atoms with van der Waals surface area (Å²) in [5.74, 6) is 1.13. The molecular weight excluding hydrogens is 332 g/mol. The van der Waals surface area contributed by atoms with E-state index in [2.05, 4.69) is 17.3 Å². The summed E-state index contributed by atoms with van der Waals surface area (Å²) < 4.78 is 11.0. The Balaban J connectivity index is 2.12. The van der Waals surface area contributed by atoms with Crippen LogP contribution in [0, 0.1) is 0 Å². The van der Waals surface area contributed by atoms with E-state index in [0.717, 1.165) is 41.6 Å². The van der Waals surface area contributed by atoms with Crippen LogP contribution in [0.4, 0.5) is 5.69 Å². The van der Waals surface area contributed by atoms with Crippen LogP contribution >= 0.6 is 0 Å². The Morgan fingerprint density at radius 1 is 1.19 bits per heavy atom. The van der Waals surface area contributed by atoms with Gasteiger partial charge in [0.15, 0.2) is 23.0 Å². The van der Waals surface area contributed by atoms with Crippen molar-refractivity contribution >= 4 is 5.69 Å². The minimum Gasteiger partial charge on any atom is -0.504 e. The molecule has 26 heavy (non-hydrogen) atoms. The summed E-state index contributed by atoms with van der Waals surface area (Å²) in [6.07, 6.45) is 1.66. The van der Waals surface area contributed by atoms with E-state index in [1.165, 1.54) is 12.7 Å². The van der Waals surface area contributed by atoms with Gasteiger partial charge in [-0.2, -0.15) is 0 Å². The van der Waals surface area contributed by atoms with Gasteiger partial charge in [0.25, 0.3) is 0 Å². The first kappa shape index (κ1) is 16.8. The minimum absolute atomic E-state index is 0.106. The number of hydrogen-bond donors (Lipinski definition) is 3. The number of benzene rings is 2. The van der Waals surface area contributed by atoms with Crippen LogP contribution in [0.5, 0.6) is 23.0 Å². The molecule has 0 fully saturated rings. The van der Waals surface area contributed by atoms with Crippen molar-refractivity contribution in [2.45, 2.75) is 18.9 Å². The van der Waals surface area contributed by atoms with E-state index < -0.39 is 0 Å². The topological polar surface area (TPSA) is 74.2 Å². The van der Waals surface area contributed by atoms with Crippen LogP contribution in [0.2, 0.25) is 0 Å². The number of phenolic OH excluding ortho intramolecular Hbond substituents is 2. The molecule has 0 amide bonds. The van der Waals surface area contributed by atoms with E-state index >= 15 is 0 Å². The number of rotatable bonds is 3. The quantitative estimate of drug-likeness (QED) is 0.735. The number of hydrogen-bond acceptors (Lipinski definition) is 6. The third-order valence-corrected chi connectivity index (χ3v) is 5.70. The average molecular weight is 356 g/mol. The first-order valence-electron chi connectivity index (χ1n) is 8.75. The van der Waals surface area contributed by atoms with Gasteiger partial charge < -0.3 is 25.0 Å². The molecule has 0 spiro atoms. The fourth-order valence-corrected chi connectivity index (χ4v) is 4.45. The Morgan fingerprint density at radius 3 is 2.62 bits per heavy atom. The van der Waals surface area contributed by atoms with Gasteiger partial charge in [0.2, 0.25) is 0 Å². The van der Waals surface area contributed by atoms with Crippen LogP contribution in [-0.4, -0.2) is 50.0 Å². The highest BCUT2D eigenvalue weighted by Gasteiger charge is 2.38. The number of methoxy groups -OCH3 is 2. The van der Waals surface area contributed by atoms with E-state index in [1.807, 2.05) is 12.1 Å². The fraction of sp³-hybridized carbons (Fsp3) is 0.400. The molecule has 0 saturated heterocycles. The van der Waals surface area contributed by atoms with Crippen LogP contribution < -0.4 is 14.8 Å². The highest BCUT2D eigenvalue weighted by atomic mass is 16.5. The highest BCUT2D eigenvalue weighted by molar-refractivity contribution is 5.89. The van der Waals surface area contributed by atoms with Crippen molar-refractivity contribution in [3.05, 3.63) is 28.8 Å². The van der Waals surface area contributed by atoms with Gasteiger partial charge in [-0.25, -0.2) is 0 Å². The zero-order valence-corrected chi connectivity index (χ0v) is 15.5. The number of anilines is 1. The highest BCUT2D eigenvalue weighted by Crippen LogP contribution is 2.55. The summed E-state index contributed by atoms with van der Waals surface area (Å²) in [7, 11) is 7.02. The average Bonchev–Trinajstić information content (AvgIpc) is 2.64. The Morgan fingerprint density at radius 2 is 1.96 bits per heavy atom. The van der Waals surface area contributed by atoms with Gasteiger partial charge in [-0.15, -0.1) is 0 Å². The van der Waals surface area contributed by atoms with Gasteiger partial charge >= 0.3 is 0 Å². The van der Waals surface area contributed by atoms with Crippen molar-refractivity contribution in [3.8, 4) is 34.1 Å². The van der Waals surface area contributed by atoms with Crippen LogP contribution in [0.1, 0.15) is 22.7 Å². The zero-order valence-electron chi connectivity index (χ0n) is 15.5. The Hall–Kier alpha value is -2.60. The van der Waals surface area contributed by atoms with Gasteiger partial charge in [-0.3, -0.25) is 4.90 Å². The summed E-state index contributed by atoms with van der Waals surface area (Å²) in [6.45, 7) is 0.926. The first-order valence-corrected chi connectivity index (χ1v) is 8.75. The maximum Gasteiger partial charge on any atom is 0.181 e. The lowest BCUT2D eigenvalue weighted by atomic mass is 9.76. The largest absolute Gasteiger partial charge is 0.504 e. The number of likely N-dealkylation sites (N-methyl/N-ethyl adjacent to an activating group) is 1. The van der Waals surface area contributed by atoms with Crippen molar-refractivity contribution in [1.82, 2.24) is 4.90 Å². The predicted octanol–water partition coefficient (Wildman–Crippen LogP) is 2.91. The number of ether oxygens (including phenoxy) is 2.